The van der Waals surface area contributed by atoms with Gasteiger partial charge in [-0.3, -0.25) is 0 Å². The Hall–Kier alpha value is -2.34. The van der Waals surface area contributed by atoms with Crippen LogP contribution in [0.25, 0.3) is 32.3 Å². The summed E-state index contributed by atoms with van der Waals surface area (Å²) in [4.78, 5) is 0. The molecule has 0 saturated heterocycles. The predicted octanol–water partition coefficient (Wildman–Crippen LogP) is 8.85. The van der Waals surface area contributed by atoms with Crippen LogP contribution in [-0.2, 0) is 0 Å². The highest BCUT2D eigenvalue weighted by Crippen LogP contribution is 2.47. The van der Waals surface area contributed by atoms with Gasteiger partial charge in [0.25, 0.3) is 0 Å². The lowest BCUT2D eigenvalue weighted by atomic mass is 9.78. The van der Waals surface area contributed by atoms with Crippen LogP contribution >= 0.6 is 0 Å². The summed E-state index contributed by atoms with van der Waals surface area (Å²) in [5.74, 6) is 0. The molecule has 0 bridgehead atoms. The molecule has 0 atom stereocenters. The van der Waals surface area contributed by atoms with E-state index in [1.165, 1.54) is 99.1 Å². The van der Waals surface area contributed by atoms with Gasteiger partial charge in [-0.05, 0) is 182 Å². The summed E-state index contributed by atoms with van der Waals surface area (Å²) in [6.45, 7) is 27.8. The van der Waals surface area contributed by atoms with Crippen molar-refractivity contribution in [3.63, 3.8) is 0 Å². The maximum absolute atomic E-state index is 2.34. The van der Waals surface area contributed by atoms with Crippen molar-refractivity contribution in [3.8, 4) is 0 Å². The van der Waals surface area contributed by atoms with Crippen LogP contribution in [0.3, 0.4) is 0 Å². The second-order valence-corrected chi connectivity index (χ2v) is 9.75. The minimum Gasteiger partial charge on any atom is -0.0443 e. The zero-order valence-corrected chi connectivity index (χ0v) is 21.0. The molecule has 0 aromatic heterocycles. The van der Waals surface area contributed by atoms with Crippen LogP contribution in [0.4, 0.5) is 0 Å². The van der Waals surface area contributed by atoms with Gasteiger partial charge in [0.2, 0.25) is 0 Å². The first-order valence-electron chi connectivity index (χ1n) is 11.2. The summed E-state index contributed by atoms with van der Waals surface area (Å²) in [5.41, 5.74) is 17.3. The van der Waals surface area contributed by atoms with Crippen LogP contribution in [0.5, 0.6) is 0 Å². The van der Waals surface area contributed by atoms with Gasteiger partial charge in [-0.25, -0.2) is 0 Å². The molecule has 0 aliphatic rings. The molecule has 0 nitrogen and oxygen atoms in total. The molecular formula is C30H36. The summed E-state index contributed by atoms with van der Waals surface area (Å²) in [6.07, 6.45) is 0. The summed E-state index contributed by atoms with van der Waals surface area (Å²) in [6, 6.07) is 0. The SMILES string of the molecule is Cc1c(C)c(C)c2c(c1C)c1c(C)c(C)c(C)c(C)c1c1c(C)c(C)c(C)c(C)c21. The summed E-state index contributed by atoms with van der Waals surface area (Å²) in [7, 11) is 0. The van der Waals surface area contributed by atoms with Crippen LogP contribution in [0.15, 0.2) is 0 Å². The Kier molecular flexibility index (Phi) is 4.59. The Morgan fingerprint density at radius 1 is 0.167 bits per heavy atom. The summed E-state index contributed by atoms with van der Waals surface area (Å²) in [5, 5.41) is 8.88. The highest BCUT2D eigenvalue weighted by atomic mass is 14.3. The van der Waals surface area contributed by atoms with Gasteiger partial charge in [-0.2, -0.15) is 0 Å². The molecule has 0 aliphatic heterocycles. The quantitative estimate of drug-likeness (QED) is 0.260. The van der Waals surface area contributed by atoms with E-state index in [4.69, 9.17) is 0 Å². The second-order valence-electron chi connectivity index (χ2n) is 9.75. The van der Waals surface area contributed by atoms with Crippen molar-refractivity contribution >= 4 is 32.3 Å². The molecule has 30 heavy (non-hydrogen) atoms. The van der Waals surface area contributed by atoms with E-state index in [-0.39, 0.29) is 0 Å². The first kappa shape index (κ1) is 20.9. The normalized spacial score (nSPS) is 12.0. The fraction of sp³-hybridized carbons (Fsp3) is 0.400. The number of hydrogen-bond donors (Lipinski definition) is 0. The van der Waals surface area contributed by atoms with Crippen molar-refractivity contribution in [1.82, 2.24) is 0 Å². The Balaban J connectivity index is 2.66. The molecule has 0 unspecified atom stereocenters. The Labute approximate surface area is 182 Å². The highest BCUT2D eigenvalue weighted by Gasteiger charge is 2.23. The molecule has 0 aliphatic carbocycles. The van der Waals surface area contributed by atoms with E-state index in [0.29, 0.717) is 0 Å². The van der Waals surface area contributed by atoms with Gasteiger partial charge >= 0.3 is 0 Å². The highest BCUT2D eigenvalue weighted by molar-refractivity contribution is 6.30. The van der Waals surface area contributed by atoms with Crippen molar-refractivity contribution in [3.05, 3.63) is 66.8 Å². The van der Waals surface area contributed by atoms with Crippen molar-refractivity contribution in [1.29, 1.82) is 0 Å². The maximum atomic E-state index is 2.34. The van der Waals surface area contributed by atoms with Crippen molar-refractivity contribution < 1.29 is 0 Å². The van der Waals surface area contributed by atoms with Crippen molar-refractivity contribution in [2.24, 2.45) is 0 Å². The first-order valence-corrected chi connectivity index (χ1v) is 11.2. The Morgan fingerprint density at radius 2 is 0.267 bits per heavy atom. The minimum atomic E-state index is 1.44. The van der Waals surface area contributed by atoms with Gasteiger partial charge in [0.15, 0.2) is 0 Å². The topological polar surface area (TPSA) is 0 Å². The van der Waals surface area contributed by atoms with Gasteiger partial charge in [0, 0.05) is 0 Å². The molecule has 0 spiro atoms. The smallest absolute Gasteiger partial charge is 0.00612 e. The van der Waals surface area contributed by atoms with E-state index in [9.17, 15) is 0 Å². The van der Waals surface area contributed by atoms with Crippen molar-refractivity contribution in [2.75, 3.05) is 0 Å². The molecule has 0 amide bonds. The van der Waals surface area contributed by atoms with E-state index in [1.54, 1.807) is 0 Å². The van der Waals surface area contributed by atoms with Crippen LogP contribution in [0.2, 0.25) is 0 Å². The van der Waals surface area contributed by atoms with E-state index < -0.39 is 0 Å². The lowest BCUT2D eigenvalue weighted by molar-refractivity contribution is 1.23. The fourth-order valence-electron chi connectivity index (χ4n) is 5.81. The molecule has 0 fully saturated rings. The molecule has 0 radical (unpaired) electrons. The van der Waals surface area contributed by atoms with Gasteiger partial charge in [0.1, 0.15) is 0 Å². The minimum absolute atomic E-state index is 1.44. The molecule has 4 rings (SSSR count). The van der Waals surface area contributed by atoms with E-state index in [2.05, 4.69) is 83.1 Å². The van der Waals surface area contributed by atoms with Crippen LogP contribution in [0, 0.1) is 83.1 Å². The van der Waals surface area contributed by atoms with E-state index in [1.807, 2.05) is 0 Å². The lowest BCUT2D eigenvalue weighted by Gasteiger charge is -2.26. The summed E-state index contributed by atoms with van der Waals surface area (Å²) < 4.78 is 0. The molecule has 4 aromatic rings. The van der Waals surface area contributed by atoms with Crippen LogP contribution in [-0.4, -0.2) is 0 Å². The Morgan fingerprint density at radius 3 is 0.367 bits per heavy atom. The third-order valence-electron chi connectivity index (χ3n) is 8.81. The number of hydrogen-bond acceptors (Lipinski definition) is 0. The predicted molar refractivity (Wildman–Crippen MR) is 136 cm³/mol. The average Bonchev–Trinajstić information content (AvgIpc) is 2.73. The third kappa shape index (κ3) is 2.34. The first-order chi connectivity index (χ1) is 13.9. The molecule has 0 N–H and O–H groups in total. The summed E-state index contributed by atoms with van der Waals surface area (Å²) >= 11 is 0. The van der Waals surface area contributed by atoms with Crippen LogP contribution in [0.1, 0.15) is 66.8 Å². The maximum Gasteiger partial charge on any atom is -0.00612 e. The van der Waals surface area contributed by atoms with Gasteiger partial charge in [-0.1, -0.05) is 0 Å². The zero-order chi connectivity index (χ0) is 22.4. The van der Waals surface area contributed by atoms with E-state index in [0.717, 1.165) is 0 Å². The van der Waals surface area contributed by atoms with Gasteiger partial charge in [0.05, 0.1) is 0 Å². The van der Waals surface area contributed by atoms with Gasteiger partial charge in [-0.15, -0.1) is 0 Å². The van der Waals surface area contributed by atoms with Crippen LogP contribution < -0.4 is 0 Å². The fourth-order valence-corrected chi connectivity index (χ4v) is 5.81. The monoisotopic (exact) mass is 396 g/mol. The number of benzene rings is 4. The molecule has 0 saturated carbocycles. The Bertz CT molecular complexity index is 1110. The third-order valence-corrected chi connectivity index (χ3v) is 8.81. The average molecular weight is 397 g/mol. The van der Waals surface area contributed by atoms with Gasteiger partial charge < -0.3 is 0 Å². The molecule has 0 heteroatoms. The molecule has 0 heterocycles. The zero-order valence-electron chi connectivity index (χ0n) is 21.0. The van der Waals surface area contributed by atoms with Crippen molar-refractivity contribution in [2.45, 2.75) is 83.1 Å². The number of aryl methyl sites for hydroxylation is 6. The second kappa shape index (κ2) is 6.58. The standard InChI is InChI=1S/C30H36/c1-13-14(2)20(8)26-25(19(13)7)27-21(9)15(3)16(4)23(11)29(27)30-24(12)18(6)17(5)22(10)28(26)30/h1-12H3. The number of fused-ring (bicyclic) bond motifs is 6. The largest absolute Gasteiger partial charge is 0.0443 e. The number of rotatable bonds is 0. The molecule has 4 aromatic carbocycles. The van der Waals surface area contributed by atoms with E-state index >= 15 is 0 Å². The molecule has 156 valence electrons. The molecular weight excluding hydrogens is 360 g/mol. The lowest BCUT2D eigenvalue weighted by Crippen LogP contribution is -2.04.